The van der Waals surface area contributed by atoms with Crippen LogP contribution < -0.4 is 4.72 Å². The minimum atomic E-state index is -3.22. The average molecular weight is 255 g/mol. The quantitative estimate of drug-likeness (QED) is 0.902. The lowest BCUT2D eigenvalue weighted by Crippen LogP contribution is -2.20. The second-order valence-electron chi connectivity index (χ2n) is 5.30. The van der Waals surface area contributed by atoms with E-state index in [4.69, 9.17) is 0 Å². The number of nitrogens with one attached hydrogen (secondary N) is 1. The van der Waals surface area contributed by atoms with Gasteiger partial charge in [-0.15, -0.1) is 0 Å². The van der Waals surface area contributed by atoms with Crippen LogP contribution in [0.4, 0.5) is 5.69 Å². The van der Waals surface area contributed by atoms with Crippen LogP contribution >= 0.6 is 0 Å². The summed E-state index contributed by atoms with van der Waals surface area (Å²) in [5, 5.41) is 0. The molecule has 0 radical (unpaired) electrons. The van der Waals surface area contributed by atoms with Crippen molar-refractivity contribution in [1.29, 1.82) is 0 Å². The summed E-state index contributed by atoms with van der Waals surface area (Å²) in [6.07, 6.45) is 0. The first kappa shape index (κ1) is 14.0. The van der Waals surface area contributed by atoms with Gasteiger partial charge in [-0.2, -0.15) is 0 Å². The van der Waals surface area contributed by atoms with E-state index < -0.39 is 10.0 Å². The molecular formula is C13H21NO2S. The van der Waals surface area contributed by atoms with Crippen molar-refractivity contribution in [2.75, 3.05) is 10.5 Å². The number of hydrogen-bond donors (Lipinski definition) is 1. The fourth-order valence-electron chi connectivity index (χ4n) is 1.64. The molecule has 96 valence electrons. The van der Waals surface area contributed by atoms with E-state index in [2.05, 4.69) is 25.5 Å². The molecule has 0 saturated heterocycles. The zero-order valence-electron chi connectivity index (χ0n) is 11.2. The smallest absolute Gasteiger partial charge is 0.232 e. The summed E-state index contributed by atoms with van der Waals surface area (Å²) in [7, 11) is -3.22. The van der Waals surface area contributed by atoms with Crippen LogP contribution in [-0.2, 0) is 15.4 Å². The van der Waals surface area contributed by atoms with Crippen molar-refractivity contribution in [3.63, 3.8) is 0 Å². The molecule has 0 heterocycles. The van der Waals surface area contributed by atoms with E-state index in [1.165, 1.54) is 0 Å². The third kappa shape index (κ3) is 3.73. The summed E-state index contributed by atoms with van der Waals surface area (Å²) in [6.45, 7) is 9.80. The summed E-state index contributed by atoms with van der Waals surface area (Å²) in [4.78, 5) is 0. The van der Waals surface area contributed by atoms with E-state index in [9.17, 15) is 8.42 Å². The Morgan fingerprint density at radius 3 is 2.29 bits per heavy atom. The molecule has 0 aromatic heterocycles. The fraction of sp³-hybridized carbons (Fsp3) is 0.538. The van der Waals surface area contributed by atoms with Gasteiger partial charge in [-0.25, -0.2) is 8.42 Å². The number of hydrogen-bond acceptors (Lipinski definition) is 2. The molecule has 4 heteroatoms. The Hall–Kier alpha value is -1.03. The molecule has 1 N–H and O–H groups in total. The fourth-order valence-corrected chi connectivity index (χ4v) is 2.28. The van der Waals surface area contributed by atoms with Crippen LogP contribution in [-0.4, -0.2) is 14.2 Å². The van der Waals surface area contributed by atoms with Crippen LogP contribution in [0.15, 0.2) is 18.2 Å². The molecule has 0 aliphatic heterocycles. The number of aryl methyl sites for hydroxylation is 1. The van der Waals surface area contributed by atoms with Crippen molar-refractivity contribution in [3.05, 3.63) is 29.3 Å². The highest BCUT2D eigenvalue weighted by atomic mass is 32.2. The average Bonchev–Trinajstić information content (AvgIpc) is 2.15. The first-order valence-corrected chi connectivity index (χ1v) is 7.42. The molecule has 0 aliphatic carbocycles. The molecular weight excluding hydrogens is 234 g/mol. The molecule has 0 saturated carbocycles. The lowest BCUT2D eigenvalue weighted by atomic mass is 9.85. The SMILES string of the molecule is CCS(=O)(=O)Nc1cc(C)ccc1C(C)(C)C. The largest absolute Gasteiger partial charge is 0.283 e. The Morgan fingerprint density at radius 1 is 1.24 bits per heavy atom. The zero-order chi connectivity index (χ0) is 13.3. The predicted octanol–water partition coefficient (Wildman–Crippen LogP) is 3.05. The van der Waals surface area contributed by atoms with Crippen LogP contribution in [0.25, 0.3) is 0 Å². The monoisotopic (exact) mass is 255 g/mol. The number of anilines is 1. The second-order valence-corrected chi connectivity index (χ2v) is 7.32. The third-order valence-electron chi connectivity index (χ3n) is 2.63. The standard InChI is InChI=1S/C13H21NO2S/c1-6-17(15,16)14-12-9-10(2)7-8-11(12)13(3,4)5/h7-9,14H,6H2,1-5H3. The molecule has 17 heavy (non-hydrogen) atoms. The van der Waals surface area contributed by atoms with E-state index >= 15 is 0 Å². The van der Waals surface area contributed by atoms with Crippen molar-refractivity contribution in [2.45, 2.75) is 40.0 Å². The van der Waals surface area contributed by atoms with Crippen LogP contribution in [0.3, 0.4) is 0 Å². The number of rotatable bonds is 3. The first-order valence-electron chi connectivity index (χ1n) is 5.77. The molecule has 3 nitrogen and oxygen atoms in total. The molecule has 0 unspecified atom stereocenters. The van der Waals surface area contributed by atoms with Crippen molar-refractivity contribution in [2.24, 2.45) is 0 Å². The van der Waals surface area contributed by atoms with E-state index in [-0.39, 0.29) is 11.2 Å². The molecule has 1 aromatic rings. The Kier molecular flexibility index (Phi) is 3.87. The molecule has 0 bridgehead atoms. The van der Waals surface area contributed by atoms with Gasteiger partial charge in [0.25, 0.3) is 0 Å². The zero-order valence-corrected chi connectivity index (χ0v) is 12.0. The van der Waals surface area contributed by atoms with Gasteiger partial charge >= 0.3 is 0 Å². The van der Waals surface area contributed by atoms with Crippen LogP contribution in [0, 0.1) is 6.92 Å². The van der Waals surface area contributed by atoms with Crippen LogP contribution in [0.2, 0.25) is 0 Å². The Labute approximate surface area is 104 Å². The van der Waals surface area contributed by atoms with Crippen LogP contribution in [0.1, 0.15) is 38.8 Å². The summed E-state index contributed by atoms with van der Waals surface area (Å²) in [5.41, 5.74) is 2.67. The molecule has 0 spiro atoms. The van der Waals surface area contributed by atoms with Gasteiger partial charge in [-0.3, -0.25) is 4.72 Å². The minimum Gasteiger partial charge on any atom is -0.283 e. The van der Waals surface area contributed by atoms with Crippen molar-refractivity contribution in [3.8, 4) is 0 Å². The van der Waals surface area contributed by atoms with Gasteiger partial charge in [-0.1, -0.05) is 32.9 Å². The van der Waals surface area contributed by atoms with Gasteiger partial charge in [0.05, 0.1) is 11.4 Å². The second kappa shape index (κ2) is 4.69. The van der Waals surface area contributed by atoms with E-state index in [1.54, 1.807) is 6.92 Å². The maximum atomic E-state index is 11.6. The predicted molar refractivity (Wildman–Crippen MR) is 73.0 cm³/mol. The van der Waals surface area contributed by atoms with Crippen LogP contribution in [0.5, 0.6) is 0 Å². The van der Waals surface area contributed by atoms with Gasteiger partial charge < -0.3 is 0 Å². The highest BCUT2D eigenvalue weighted by molar-refractivity contribution is 7.92. The lowest BCUT2D eigenvalue weighted by molar-refractivity contribution is 0.590. The molecule has 0 amide bonds. The molecule has 0 fully saturated rings. The van der Waals surface area contributed by atoms with E-state index in [0.717, 1.165) is 11.1 Å². The van der Waals surface area contributed by atoms with Crippen molar-refractivity contribution in [1.82, 2.24) is 0 Å². The van der Waals surface area contributed by atoms with Crippen molar-refractivity contribution < 1.29 is 8.42 Å². The van der Waals surface area contributed by atoms with Gasteiger partial charge in [0, 0.05) is 0 Å². The Balaban J connectivity index is 3.27. The highest BCUT2D eigenvalue weighted by Crippen LogP contribution is 2.30. The van der Waals surface area contributed by atoms with Gasteiger partial charge in [0.15, 0.2) is 0 Å². The van der Waals surface area contributed by atoms with Gasteiger partial charge in [-0.05, 0) is 36.5 Å². The highest BCUT2D eigenvalue weighted by Gasteiger charge is 2.20. The maximum absolute atomic E-state index is 11.6. The Morgan fingerprint density at radius 2 is 1.82 bits per heavy atom. The first-order chi connectivity index (χ1) is 7.65. The van der Waals surface area contributed by atoms with Crippen molar-refractivity contribution >= 4 is 15.7 Å². The van der Waals surface area contributed by atoms with E-state index in [0.29, 0.717) is 5.69 Å². The van der Waals surface area contributed by atoms with Gasteiger partial charge in [0.1, 0.15) is 0 Å². The molecule has 0 aliphatic rings. The molecule has 0 atom stereocenters. The Bertz CT molecular complexity index is 499. The summed E-state index contributed by atoms with van der Waals surface area (Å²) in [5.74, 6) is 0.0878. The summed E-state index contributed by atoms with van der Waals surface area (Å²) in [6, 6.07) is 5.88. The summed E-state index contributed by atoms with van der Waals surface area (Å²) >= 11 is 0. The normalized spacial score (nSPS) is 12.5. The number of benzene rings is 1. The van der Waals surface area contributed by atoms with E-state index in [1.807, 2.05) is 25.1 Å². The number of sulfonamides is 1. The molecule has 1 aromatic carbocycles. The third-order valence-corrected chi connectivity index (χ3v) is 3.92. The molecule has 1 rings (SSSR count). The maximum Gasteiger partial charge on any atom is 0.232 e. The minimum absolute atomic E-state index is 0.0840. The topological polar surface area (TPSA) is 46.2 Å². The lowest BCUT2D eigenvalue weighted by Gasteiger charge is -2.23. The van der Waals surface area contributed by atoms with Gasteiger partial charge in [0.2, 0.25) is 10.0 Å². The summed E-state index contributed by atoms with van der Waals surface area (Å²) < 4.78 is 26.0.